The standard InChI is InChI=1S/C13H16N4O12/c1-2-15-6(20)13(10(26)27,11(28)29)7(21)17-3-16-5(19)12(4(14)18,8(22)23)9(24)25/h2-3H2,1H3,(H2,14,18)(H,15,20)(H,16,19)(H,17,21)(H,22,23)(H,24,25)(H,26,27)(H,28,29). The fourth-order valence-corrected chi connectivity index (χ4v) is 1.95. The molecule has 0 spiro atoms. The van der Waals surface area contributed by atoms with Gasteiger partial charge in [0.05, 0.1) is 6.67 Å². The van der Waals surface area contributed by atoms with E-state index in [1.54, 1.807) is 0 Å². The van der Waals surface area contributed by atoms with Gasteiger partial charge < -0.3 is 42.1 Å². The summed E-state index contributed by atoms with van der Waals surface area (Å²) in [6.45, 7) is -0.204. The second kappa shape index (κ2) is 9.11. The number of carboxylic acids is 4. The number of carbonyl (C=O) groups excluding carboxylic acids is 4. The summed E-state index contributed by atoms with van der Waals surface area (Å²) in [5, 5.41) is 40.9. The van der Waals surface area contributed by atoms with E-state index < -0.39 is 65.0 Å². The third-order valence-electron chi connectivity index (χ3n) is 3.51. The van der Waals surface area contributed by atoms with Gasteiger partial charge in [0, 0.05) is 6.54 Å². The zero-order chi connectivity index (χ0) is 23.2. The molecule has 0 aliphatic rings. The Hall–Kier alpha value is -4.24. The minimum absolute atomic E-state index is 0.247. The maximum Gasteiger partial charge on any atom is 0.340 e. The highest BCUT2D eigenvalue weighted by molar-refractivity contribution is 6.35. The number of aliphatic carboxylic acids is 4. The third kappa shape index (κ3) is 4.04. The van der Waals surface area contributed by atoms with Gasteiger partial charge in [0.25, 0.3) is 23.6 Å². The summed E-state index contributed by atoms with van der Waals surface area (Å²) in [5.41, 5.74) is -2.80. The van der Waals surface area contributed by atoms with Gasteiger partial charge in [0.2, 0.25) is 0 Å². The van der Waals surface area contributed by atoms with Crippen LogP contribution in [-0.4, -0.2) is 81.1 Å². The van der Waals surface area contributed by atoms with Crippen molar-refractivity contribution in [3.05, 3.63) is 0 Å². The van der Waals surface area contributed by atoms with Crippen LogP contribution in [-0.2, 0) is 38.4 Å². The topological polar surface area (TPSA) is 280 Å². The Labute approximate surface area is 160 Å². The number of carbonyl (C=O) groups is 8. The Morgan fingerprint density at radius 3 is 1.24 bits per heavy atom. The van der Waals surface area contributed by atoms with E-state index in [2.05, 4.69) is 5.73 Å². The van der Waals surface area contributed by atoms with Gasteiger partial charge in [0.1, 0.15) is 0 Å². The predicted octanol–water partition coefficient (Wildman–Crippen LogP) is -4.89. The van der Waals surface area contributed by atoms with Crippen molar-refractivity contribution in [3.63, 3.8) is 0 Å². The van der Waals surface area contributed by atoms with Gasteiger partial charge in [-0.3, -0.25) is 19.2 Å². The number of nitrogens with two attached hydrogens (primary N) is 1. The lowest BCUT2D eigenvalue weighted by atomic mass is 9.85. The average molecular weight is 420 g/mol. The van der Waals surface area contributed by atoms with Crippen LogP contribution in [0.4, 0.5) is 0 Å². The smallest absolute Gasteiger partial charge is 0.340 e. The fraction of sp³-hybridized carbons (Fsp3) is 0.385. The second-order valence-corrected chi connectivity index (χ2v) is 5.13. The Kier molecular flexibility index (Phi) is 7.78. The molecule has 0 aliphatic carbocycles. The van der Waals surface area contributed by atoms with Crippen molar-refractivity contribution in [2.45, 2.75) is 6.92 Å². The van der Waals surface area contributed by atoms with E-state index in [-0.39, 0.29) is 6.54 Å². The minimum atomic E-state index is -3.79. The molecular formula is C13H16N4O12. The lowest BCUT2D eigenvalue weighted by Crippen LogP contribution is -2.63. The summed E-state index contributed by atoms with van der Waals surface area (Å²) in [5.74, 6) is -17.5. The molecule has 16 heteroatoms. The first-order valence-corrected chi connectivity index (χ1v) is 7.33. The molecule has 0 atom stereocenters. The predicted molar refractivity (Wildman–Crippen MR) is 84.4 cm³/mol. The number of carboxylic acid groups (broad SMARTS) is 4. The average Bonchev–Trinajstić information content (AvgIpc) is 2.54. The van der Waals surface area contributed by atoms with Crippen LogP contribution in [0.15, 0.2) is 0 Å². The Bertz CT molecular complexity index is 739. The van der Waals surface area contributed by atoms with Gasteiger partial charge in [-0.15, -0.1) is 0 Å². The first kappa shape index (κ1) is 24.8. The number of amides is 4. The molecule has 0 fully saturated rings. The molecule has 0 aromatic rings. The van der Waals surface area contributed by atoms with E-state index in [9.17, 15) is 38.4 Å². The number of nitrogens with one attached hydrogen (secondary N) is 3. The molecule has 160 valence electrons. The Balaban J connectivity index is 5.70. The fourth-order valence-electron chi connectivity index (χ4n) is 1.95. The van der Waals surface area contributed by atoms with Crippen LogP contribution in [0.5, 0.6) is 0 Å². The molecule has 0 aliphatic heterocycles. The number of primary amides is 1. The lowest BCUT2D eigenvalue weighted by molar-refractivity contribution is -0.174. The van der Waals surface area contributed by atoms with Crippen molar-refractivity contribution in [3.8, 4) is 0 Å². The summed E-state index contributed by atoms with van der Waals surface area (Å²) in [4.78, 5) is 92.0. The van der Waals surface area contributed by atoms with Crippen LogP contribution < -0.4 is 21.7 Å². The molecule has 0 saturated heterocycles. The lowest BCUT2D eigenvalue weighted by Gasteiger charge is -2.24. The molecule has 4 amide bonds. The third-order valence-corrected chi connectivity index (χ3v) is 3.51. The normalized spacial score (nSPS) is 10.9. The molecule has 29 heavy (non-hydrogen) atoms. The molecule has 16 nitrogen and oxygen atoms in total. The molecule has 0 bridgehead atoms. The summed E-state index contributed by atoms with van der Waals surface area (Å²) >= 11 is 0. The molecule has 0 radical (unpaired) electrons. The summed E-state index contributed by atoms with van der Waals surface area (Å²) < 4.78 is 0. The first-order valence-electron chi connectivity index (χ1n) is 7.33. The largest absolute Gasteiger partial charge is 0.480 e. The molecule has 0 heterocycles. The van der Waals surface area contributed by atoms with Crippen molar-refractivity contribution < 1.29 is 58.8 Å². The van der Waals surface area contributed by atoms with E-state index in [1.807, 2.05) is 5.32 Å². The highest BCUT2D eigenvalue weighted by atomic mass is 16.4. The molecule has 0 aromatic heterocycles. The maximum absolute atomic E-state index is 12.1. The number of hydrogen-bond donors (Lipinski definition) is 8. The van der Waals surface area contributed by atoms with Crippen LogP contribution >= 0.6 is 0 Å². The summed E-state index contributed by atoms with van der Waals surface area (Å²) in [6.07, 6.45) is 0. The summed E-state index contributed by atoms with van der Waals surface area (Å²) in [6, 6.07) is 0. The zero-order valence-electron chi connectivity index (χ0n) is 14.5. The van der Waals surface area contributed by atoms with E-state index in [1.165, 1.54) is 17.6 Å². The van der Waals surface area contributed by atoms with E-state index in [0.717, 1.165) is 0 Å². The summed E-state index contributed by atoms with van der Waals surface area (Å²) in [7, 11) is 0. The van der Waals surface area contributed by atoms with Crippen molar-refractivity contribution in [2.24, 2.45) is 16.6 Å². The van der Waals surface area contributed by atoms with E-state index in [0.29, 0.717) is 0 Å². The van der Waals surface area contributed by atoms with Crippen LogP contribution in [0.25, 0.3) is 0 Å². The minimum Gasteiger partial charge on any atom is -0.480 e. The van der Waals surface area contributed by atoms with Crippen LogP contribution in [0.2, 0.25) is 0 Å². The van der Waals surface area contributed by atoms with Crippen molar-refractivity contribution >= 4 is 47.5 Å². The van der Waals surface area contributed by atoms with Gasteiger partial charge in [-0.2, -0.15) is 0 Å². The quantitative estimate of drug-likeness (QED) is 0.115. The number of hydrogen-bond acceptors (Lipinski definition) is 8. The van der Waals surface area contributed by atoms with Gasteiger partial charge in [-0.1, -0.05) is 0 Å². The van der Waals surface area contributed by atoms with E-state index >= 15 is 0 Å². The molecule has 0 aromatic carbocycles. The van der Waals surface area contributed by atoms with E-state index in [4.69, 9.17) is 20.4 Å². The van der Waals surface area contributed by atoms with Crippen molar-refractivity contribution in [1.82, 2.24) is 16.0 Å². The number of rotatable bonds is 11. The van der Waals surface area contributed by atoms with Crippen LogP contribution in [0, 0.1) is 10.8 Å². The van der Waals surface area contributed by atoms with Crippen molar-refractivity contribution in [1.29, 1.82) is 0 Å². The van der Waals surface area contributed by atoms with Crippen LogP contribution in [0.1, 0.15) is 6.92 Å². The molecular weight excluding hydrogens is 404 g/mol. The monoisotopic (exact) mass is 420 g/mol. The highest BCUT2D eigenvalue weighted by Crippen LogP contribution is 2.20. The SMILES string of the molecule is CCNC(=O)C(C(=O)O)(C(=O)O)C(=O)NCNC(=O)C(C(N)=O)(C(=O)O)C(=O)O. The van der Waals surface area contributed by atoms with Crippen LogP contribution in [0.3, 0.4) is 0 Å². The first-order chi connectivity index (χ1) is 13.2. The molecule has 0 unspecified atom stereocenters. The maximum atomic E-state index is 12.1. The molecule has 0 rings (SSSR count). The Morgan fingerprint density at radius 2 is 0.966 bits per heavy atom. The van der Waals surface area contributed by atoms with Gasteiger partial charge in [0.15, 0.2) is 0 Å². The zero-order valence-corrected chi connectivity index (χ0v) is 14.5. The molecule has 9 N–H and O–H groups in total. The van der Waals surface area contributed by atoms with Gasteiger partial charge >= 0.3 is 34.7 Å². The van der Waals surface area contributed by atoms with Gasteiger partial charge in [-0.25, -0.2) is 19.2 Å². The Morgan fingerprint density at radius 1 is 0.655 bits per heavy atom. The molecule has 0 saturated carbocycles. The van der Waals surface area contributed by atoms with Crippen molar-refractivity contribution in [2.75, 3.05) is 13.2 Å². The second-order valence-electron chi connectivity index (χ2n) is 5.13. The van der Waals surface area contributed by atoms with Gasteiger partial charge in [-0.05, 0) is 6.92 Å². The highest BCUT2D eigenvalue weighted by Gasteiger charge is 2.62.